The molecule has 0 saturated heterocycles. The largest absolute Gasteiger partial charge is 0.482 e. The number of carbonyl (C=O) groups excluding carboxylic acids is 1. The van der Waals surface area contributed by atoms with Gasteiger partial charge in [-0.25, -0.2) is 4.79 Å². The average molecular weight is 336 g/mol. The van der Waals surface area contributed by atoms with Crippen molar-refractivity contribution in [1.82, 2.24) is 0 Å². The third-order valence-corrected chi connectivity index (χ3v) is 4.30. The maximum absolute atomic E-state index is 12.7. The van der Waals surface area contributed by atoms with E-state index in [0.29, 0.717) is 17.8 Å². The molecule has 0 atom stereocenters. The Kier molecular flexibility index (Phi) is 4.42. The summed E-state index contributed by atoms with van der Waals surface area (Å²) < 4.78 is 11.9. The summed E-state index contributed by atoms with van der Waals surface area (Å²) >= 11 is 0. The molecule has 130 valence electrons. The Hall–Kier alpha value is -2.55. The monoisotopic (exact) mass is 336 g/mol. The van der Waals surface area contributed by atoms with E-state index < -0.39 is 11.2 Å². The lowest BCUT2D eigenvalue weighted by Crippen LogP contribution is -2.29. The van der Waals surface area contributed by atoms with Gasteiger partial charge in [-0.15, -0.1) is 0 Å². The molecule has 0 fully saturated rings. The Morgan fingerprint density at radius 3 is 1.88 bits per heavy atom. The molecule has 0 radical (unpaired) electrons. The van der Waals surface area contributed by atoms with Gasteiger partial charge in [0.15, 0.2) is 5.60 Å². The summed E-state index contributed by atoms with van der Waals surface area (Å²) in [4.78, 5) is 12.7. The van der Waals surface area contributed by atoms with E-state index in [1.54, 1.807) is 0 Å². The molecule has 25 heavy (non-hydrogen) atoms. The van der Waals surface area contributed by atoms with Crippen LogP contribution in [0.15, 0.2) is 72.0 Å². The number of hydrogen-bond donors (Lipinski definition) is 0. The Labute approximate surface area is 149 Å². The topological polar surface area (TPSA) is 35.5 Å². The molecule has 3 rings (SSSR count). The molecule has 3 heteroatoms. The fraction of sp³-hybridized carbons (Fsp3) is 0.318. The van der Waals surface area contributed by atoms with Crippen molar-refractivity contribution in [1.29, 1.82) is 0 Å². The molecular weight excluding hydrogens is 312 g/mol. The van der Waals surface area contributed by atoms with Crippen molar-refractivity contribution in [2.45, 2.75) is 45.3 Å². The highest BCUT2D eigenvalue weighted by Gasteiger charge is 2.45. The predicted molar refractivity (Wildman–Crippen MR) is 97.9 cm³/mol. The zero-order chi connectivity index (χ0) is 18.1. The Bertz CT molecular complexity index is 744. The average Bonchev–Trinajstić information content (AvgIpc) is 2.94. The molecule has 1 aliphatic heterocycles. The minimum atomic E-state index is -0.696. The molecule has 0 amide bonds. The molecule has 0 aliphatic carbocycles. The maximum atomic E-state index is 12.7. The van der Waals surface area contributed by atoms with Gasteiger partial charge in [0.05, 0.1) is 5.57 Å². The second kappa shape index (κ2) is 6.40. The first-order chi connectivity index (χ1) is 11.8. The SMILES string of the molecule is CC1=C(C(=O)OC(C)(C)C)CC(c2ccccc2)(c2ccccc2)O1. The van der Waals surface area contributed by atoms with E-state index in [1.165, 1.54) is 0 Å². The van der Waals surface area contributed by atoms with Crippen molar-refractivity contribution in [3.63, 3.8) is 0 Å². The third kappa shape index (κ3) is 3.46. The van der Waals surface area contributed by atoms with Crippen LogP contribution in [0.2, 0.25) is 0 Å². The smallest absolute Gasteiger partial charge is 0.338 e. The number of benzene rings is 2. The van der Waals surface area contributed by atoms with Crippen LogP contribution in [0, 0.1) is 0 Å². The summed E-state index contributed by atoms with van der Waals surface area (Å²) in [5.74, 6) is 0.320. The van der Waals surface area contributed by atoms with E-state index in [-0.39, 0.29) is 5.97 Å². The summed E-state index contributed by atoms with van der Waals surface area (Å²) in [6, 6.07) is 20.1. The van der Waals surface area contributed by atoms with Crippen LogP contribution in [0.25, 0.3) is 0 Å². The zero-order valence-electron chi connectivity index (χ0n) is 15.2. The van der Waals surface area contributed by atoms with Crippen molar-refractivity contribution in [2.24, 2.45) is 0 Å². The normalized spacial score (nSPS) is 16.5. The summed E-state index contributed by atoms with van der Waals surface area (Å²) in [5, 5.41) is 0. The van der Waals surface area contributed by atoms with Crippen LogP contribution in [0.3, 0.4) is 0 Å². The first-order valence-electron chi connectivity index (χ1n) is 8.55. The van der Waals surface area contributed by atoms with Gasteiger partial charge in [0.25, 0.3) is 0 Å². The Balaban J connectivity index is 2.02. The Morgan fingerprint density at radius 1 is 0.960 bits per heavy atom. The van der Waals surface area contributed by atoms with Crippen molar-refractivity contribution in [3.8, 4) is 0 Å². The number of hydrogen-bond acceptors (Lipinski definition) is 3. The molecule has 0 bridgehead atoms. The van der Waals surface area contributed by atoms with Crippen LogP contribution in [0.4, 0.5) is 0 Å². The van der Waals surface area contributed by atoms with Gasteiger partial charge in [0.2, 0.25) is 0 Å². The highest BCUT2D eigenvalue weighted by Crippen LogP contribution is 2.47. The van der Waals surface area contributed by atoms with E-state index in [0.717, 1.165) is 11.1 Å². The lowest BCUT2D eigenvalue weighted by atomic mass is 9.82. The predicted octanol–water partition coefficient (Wildman–Crippen LogP) is 4.97. The lowest BCUT2D eigenvalue weighted by molar-refractivity contribution is -0.150. The van der Waals surface area contributed by atoms with Crippen LogP contribution in [-0.4, -0.2) is 11.6 Å². The first-order valence-corrected chi connectivity index (χ1v) is 8.55. The fourth-order valence-corrected chi connectivity index (χ4v) is 3.19. The molecule has 0 aromatic heterocycles. The van der Waals surface area contributed by atoms with Gasteiger partial charge in [-0.3, -0.25) is 0 Å². The third-order valence-electron chi connectivity index (χ3n) is 4.30. The van der Waals surface area contributed by atoms with E-state index in [4.69, 9.17) is 9.47 Å². The quantitative estimate of drug-likeness (QED) is 0.743. The fourth-order valence-electron chi connectivity index (χ4n) is 3.19. The minimum absolute atomic E-state index is 0.307. The summed E-state index contributed by atoms with van der Waals surface area (Å²) in [6.07, 6.45) is 0.460. The van der Waals surface area contributed by atoms with Gasteiger partial charge in [-0.2, -0.15) is 0 Å². The molecule has 0 spiro atoms. The second-order valence-corrected chi connectivity index (χ2v) is 7.37. The van der Waals surface area contributed by atoms with E-state index in [9.17, 15) is 4.79 Å². The maximum Gasteiger partial charge on any atom is 0.338 e. The van der Waals surface area contributed by atoms with E-state index in [1.807, 2.05) is 88.4 Å². The summed E-state index contributed by atoms with van der Waals surface area (Å²) in [6.45, 7) is 7.46. The number of allylic oxidation sites excluding steroid dienone is 1. The number of esters is 1. The van der Waals surface area contributed by atoms with Gasteiger partial charge < -0.3 is 9.47 Å². The number of carbonyl (C=O) groups is 1. The van der Waals surface area contributed by atoms with Crippen LogP contribution in [0.1, 0.15) is 45.2 Å². The van der Waals surface area contributed by atoms with Gasteiger partial charge in [0, 0.05) is 17.5 Å². The highest BCUT2D eigenvalue weighted by molar-refractivity contribution is 5.90. The van der Waals surface area contributed by atoms with E-state index in [2.05, 4.69) is 0 Å². The van der Waals surface area contributed by atoms with Crippen LogP contribution in [0.5, 0.6) is 0 Å². The molecular formula is C22H24O3. The Morgan fingerprint density at radius 2 is 1.44 bits per heavy atom. The number of rotatable bonds is 3. The van der Waals surface area contributed by atoms with E-state index >= 15 is 0 Å². The summed E-state index contributed by atoms with van der Waals surface area (Å²) in [7, 11) is 0. The van der Waals surface area contributed by atoms with Crippen LogP contribution in [-0.2, 0) is 19.9 Å². The van der Waals surface area contributed by atoms with Gasteiger partial charge in [-0.05, 0) is 27.7 Å². The molecule has 1 aliphatic rings. The molecule has 0 saturated carbocycles. The van der Waals surface area contributed by atoms with Gasteiger partial charge in [-0.1, -0.05) is 60.7 Å². The number of ether oxygens (including phenoxy) is 2. The lowest BCUT2D eigenvalue weighted by Gasteiger charge is -2.31. The van der Waals surface area contributed by atoms with Crippen LogP contribution < -0.4 is 0 Å². The minimum Gasteiger partial charge on any atom is -0.482 e. The molecule has 3 nitrogen and oxygen atoms in total. The second-order valence-electron chi connectivity index (χ2n) is 7.37. The zero-order valence-corrected chi connectivity index (χ0v) is 15.2. The van der Waals surface area contributed by atoms with Gasteiger partial charge >= 0.3 is 5.97 Å². The standard InChI is InChI=1S/C22H24O3/c1-16-19(20(23)25-21(2,3)4)15-22(24-16,17-11-7-5-8-12-17)18-13-9-6-10-14-18/h5-14H,15H2,1-4H3. The van der Waals surface area contributed by atoms with Crippen molar-refractivity contribution in [2.75, 3.05) is 0 Å². The molecule has 0 N–H and O–H groups in total. The first kappa shape index (κ1) is 17.3. The van der Waals surface area contributed by atoms with Crippen molar-refractivity contribution >= 4 is 5.97 Å². The molecule has 1 heterocycles. The van der Waals surface area contributed by atoms with Crippen LogP contribution >= 0.6 is 0 Å². The molecule has 2 aromatic rings. The van der Waals surface area contributed by atoms with Crippen molar-refractivity contribution in [3.05, 3.63) is 83.1 Å². The molecule has 2 aromatic carbocycles. The van der Waals surface area contributed by atoms with Gasteiger partial charge in [0.1, 0.15) is 11.4 Å². The molecule has 0 unspecified atom stereocenters. The summed E-state index contributed by atoms with van der Waals surface area (Å²) in [5.41, 5.74) is 1.43. The highest BCUT2D eigenvalue weighted by atomic mass is 16.6. The van der Waals surface area contributed by atoms with Crippen molar-refractivity contribution < 1.29 is 14.3 Å².